The third-order valence-electron chi connectivity index (χ3n) is 3.09. The molecule has 0 spiro atoms. The first kappa shape index (κ1) is 12.4. The van der Waals surface area contributed by atoms with Crippen molar-refractivity contribution in [1.82, 2.24) is 10.3 Å². The summed E-state index contributed by atoms with van der Waals surface area (Å²) in [6.45, 7) is 6.35. The van der Waals surface area contributed by atoms with Crippen LogP contribution in [0.15, 0.2) is 18.2 Å². The molecule has 0 aliphatic carbocycles. The highest BCUT2D eigenvalue weighted by Crippen LogP contribution is 2.18. The molecule has 1 aliphatic rings. The van der Waals surface area contributed by atoms with Gasteiger partial charge in [-0.1, -0.05) is 6.07 Å². The van der Waals surface area contributed by atoms with Gasteiger partial charge in [0, 0.05) is 11.8 Å². The second kappa shape index (κ2) is 6.01. The molecule has 0 radical (unpaired) electrons. The molecule has 17 heavy (non-hydrogen) atoms. The Kier molecular flexibility index (Phi) is 4.37. The molecular weight excluding hydrogens is 212 g/mol. The smallest absolute Gasteiger partial charge is 0.213 e. The molecular formula is C14H22N2O. The number of hydrogen-bond donors (Lipinski definition) is 1. The molecule has 0 unspecified atom stereocenters. The van der Waals surface area contributed by atoms with Gasteiger partial charge in [-0.2, -0.15) is 0 Å². The summed E-state index contributed by atoms with van der Waals surface area (Å²) in [5.41, 5.74) is 1.16. The minimum absolute atomic E-state index is 0.191. The maximum Gasteiger partial charge on any atom is 0.213 e. The van der Waals surface area contributed by atoms with E-state index in [4.69, 9.17) is 4.74 Å². The zero-order valence-electron chi connectivity index (χ0n) is 10.8. The Morgan fingerprint density at radius 1 is 1.35 bits per heavy atom. The highest BCUT2D eigenvalue weighted by atomic mass is 16.5. The summed E-state index contributed by atoms with van der Waals surface area (Å²) in [6.07, 6.45) is 3.79. The van der Waals surface area contributed by atoms with E-state index in [1.54, 1.807) is 0 Å². The van der Waals surface area contributed by atoms with Crippen LogP contribution in [0.25, 0.3) is 0 Å². The molecule has 0 saturated carbocycles. The van der Waals surface area contributed by atoms with E-state index in [2.05, 4.69) is 16.4 Å². The largest absolute Gasteiger partial charge is 0.475 e. The van der Waals surface area contributed by atoms with Crippen molar-refractivity contribution < 1.29 is 4.74 Å². The number of aromatic nitrogens is 1. The average Bonchev–Trinajstić information content (AvgIpc) is 2.30. The molecule has 0 bridgehead atoms. The second-order valence-electron chi connectivity index (χ2n) is 5.03. The van der Waals surface area contributed by atoms with Gasteiger partial charge in [0.2, 0.25) is 5.88 Å². The maximum absolute atomic E-state index is 5.62. The molecule has 1 saturated heterocycles. The molecule has 3 heteroatoms. The molecule has 1 aromatic rings. The van der Waals surface area contributed by atoms with Crippen LogP contribution in [0, 0.1) is 5.92 Å². The van der Waals surface area contributed by atoms with Gasteiger partial charge in [-0.15, -0.1) is 0 Å². The van der Waals surface area contributed by atoms with Crippen LogP contribution < -0.4 is 10.1 Å². The number of nitrogens with zero attached hydrogens (tertiary/aromatic N) is 1. The van der Waals surface area contributed by atoms with E-state index < -0.39 is 0 Å². The fourth-order valence-electron chi connectivity index (χ4n) is 2.26. The van der Waals surface area contributed by atoms with Crippen molar-refractivity contribution in [3.8, 4) is 5.88 Å². The van der Waals surface area contributed by atoms with Crippen LogP contribution in [-0.2, 0) is 6.42 Å². The predicted molar refractivity (Wildman–Crippen MR) is 69.3 cm³/mol. The average molecular weight is 234 g/mol. The lowest BCUT2D eigenvalue weighted by atomic mass is 9.93. The van der Waals surface area contributed by atoms with E-state index in [1.807, 2.05) is 26.0 Å². The van der Waals surface area contributed by atoms with Crippen LogP contribution in [0.4, 0.5) is 0 Å². The lowest BCUT2D eigenvalue weighted by Crippen LogP contribution is -2.28. The van der Waals surface area contributed by atoms with Crippen LogP contribution in [0.3, 0.4) is 0 Å². The monoisotopic (exact) mass is 234 g/mol. The number of nitrogens with one attached hydrogen (secondary N) is 1. The van der Waals surface area contributed by atoms with Crippen LogP contribution in [0.5, 0.6) is 5.88 Å². The zero-order chi connectivity index (χ0) is 12.1. The fraction of sp³-hybridized carbons (Fsp3) is 0.643. The number of ether oxygens (including phenoxy) is 1. The van der Waals surface area contributed by atoms with Gasteiger partial charge in [0.15, 0.2) is 0 Å². The first-order chi connectivity index (χ1) is 8.24. The van der Waals surface area contributed by atoms with Gasteiger partial charge in [-0.25, -0.2) is 4.98 Å². The zero-order valence-corrected chi connectivity index (χ0v) is 10.8. The lowest BCUT2D eigenvalue weighted by Gasteiger charge is -2.22. The minimum atomic E-state index is 0.191. The third kappa shape index (κ3) is 4.00. The summed E-state index contributed by atoms with van der Waals surface area (Å²) >= 11 is 0. The van der Waals surface area contributed by atoms with Crippen LogP contribution in [0.1, 0.15) is 32.4 Å². The van der Waals surface area contributed by atoms with Crippen LogP contribution in [-0.4, -0.2) is 24.2 Å². The third-order valence-corrected chi connectivity index (χ3v) is 3.09. The molecule has 1 fully saturated rings. The van der Waals surface area contributed by atoms with Crippen LogP contribution >= 0.6 is 0 Å². The Morgan fingerprint density at radius 2 is 2.12 bits per heavy atom. The summed E-state index contributed by atoms with van der Waals surface area (Å²) in [4.78, 5) is 4.56. The molecule has 0 aromatic carbocycles. The number of hydrogen-bond acceptors (Lipinski definition) is 3. The Morgan fingerprint density at radius 3 is 2.82 bits per heavy atom. The SMILES string of the molecule is CC(C)Oc1cccc(CC2CCNCC2)n1. The Labute approximate surface area is 104 Å². The minimum Gasteiger partial charge on any atom is -0.475 e. The molecule has 1 aliphatic heterocycles. The van der Waals surface area contributed by atoms with Gasteiger partial charge >= 0.3 is 0 Å². The van der Waals surface area contributed by atoms with Crippen LogP contribution in [0.2, 0.25) is 0 Å². The molecule has 1 aromatic heterocycles. The van der Waals surface area contributed by atoms with E-state index in [0.717, 1.165) is 37.0 Å². The highest BCUT2D eigenvalue weighted by Gasteiger charge is 2.14. The summed E-state index contributed by atoms with van der Waals surface area (Å²) in [6, 6.07) is 6.09. The van der Waals surface area contributed by atoms with E-state index in [1.165, 1.54) is 12.8 Å². The topological polar surface area (TPSA) is 34.1 Å². The molecule has 0 amide bonds. The van der Waals surface area contributed by atoms with Crippen molar-refractivity contribution in [2.75, 3.05) is 13.1 Å². The summed E-state index contributed by atoms with van der Waals surface area (Å²) < 4.78 is 5.62. The second-order valence-corrected chi connectivity index (χ2v) is 5.03. The van der Waals surface area contributed by atoms with Crippen molar-refractivity contribution in [2.24, 2.45) is 5.92 Å². The first-order valence-corrected chi connectivity index (χ1v) is 6.57. The van der Waals surface area contributed by atoms with Gasteiger partial charge in [-0.05, 0) is 58.2 Å². The van der Waals surface area contributed by atoms with Crippen molar-refractivity contribution in [3.63, 3.8) is 0 Å². The fourth-order valence-corrected chi connectivity index (χ4v) is 2.26. The summed E-state index contributed by atoms with van der Waals surface area (Å²) in [7, 11) is 0. The van der Waals surface area contributed by atoms with Crippen molar-refractivity contribution in [3.05, 3.63) is 23.9 Å². The van der Waals surface area contributed by atoms with Gasteiger partial charge in [0.25, 0.3) is 0 Å². The molecule has 94 valence electrons. The molecule has 0 atom stereocenters. The van der Waals surface area contributed by atoms with E-state index in [-0.39, 0.29) is 6.10 Å². The Bertz CT molecular complexity index is 346. The van der Waals surface area contributed by atoms with Crippen molar-refractivity contribution >= 4 is 0 Å². The molecule has 2 rings (SSSR count). The van der Waals surface area contributed by atoms with Crippen molar-refractivity contribution in [1.29, 1.82) is 0 Å². The van der Waals surface area contributed by atoms with E-state index >= 15 is 0 Å². The van der Waals surface area contributed by atoms with Gasteiger partial charge in [0.05, 0.1) is 6.10 Å². The number of piperidine rings is 1. The standard InChI is InChI=1S/C14H22N2O/c1-11(2)17-14-5-3-4-13(16-14)10-12-6-8-15-9-7-12/h3-5,11-12,15H,6-10H2,1-2H3. The molecule has 3 nitrogen and oxygen atoms in total. The lowest BCUT2D eigenvalue weighted by molar-refractivity contribution is 0.231. The number of pyridine rings is 1. The number of rotatable bonds is 4. The highest BCUT2D eigenvalue weighted by molar-refractivity contribution is 5.16. The quantitative estimate of drug-likeness (QED) is 0.868. The maximum atomic E-state index is 5.62. The summed E-state index contributed by atoms with van der Waals surface area (Å²) in [5.74, 6) is 1.53. The van der Waals surface area contributed by atoms with E-state index in [9.17, 15) is 0 Å². The molecule has 1 N–H and O–H groups in total. The van der Waals surface area contributed by atoms with Gasteiger partial charge in [-0.3, -0.25) is 0 Å². The molecule has 2 heterocycles. The first-order valence-electron chi connectivity index (χ1n) is 6.57. The Hall–Kier alpha value is -1.09. The van der Waals surface area contributed by atoms with Crippen molar-refractivity contribution in [2.45, 2.75) is 39.2 Å². The summed E-state index contributed by atoms with van der Waals surface area (Å²) in [5, 5.41) is 3.39. The Balaban J connectivity index is 1.95. The normalized spacial score (nSPS) is 17.4. The van der Waals surface area contributed by atoms with Gasteiger partial charge < -0.3 is 10.1 Å². The van der Waals surface area contributed by atoms with Gasteiger partial charge in [0.1, 0.15) is 0 Å². The predicted octanol–water partition coefficient (Wildman–Crippen LogP) is 2.41. The van der Waals surface area contributed by atoms with E-state index in [0.29, 0.717) is 0 Å².